The zero-order chi connectivity index (χ0) is 8.18. The van der Waals surface area contributed by atoms with Crippen LogP contribution in [-0.2, 0) is 0 Å². The number of fused-ring (bicyclic) bond motifs is 1. The van der Waals surface area contributed by atoms with Gasteiger partial charge in [0, 0.05) is 23.0 Å². The van der Waals surface area contributed by atoms with E-state index >= 15 is 0 Å². The maximum atomic E-state index is 3.44. The van der Waals surface area contributed by atoms with Crippen LogP contribution in [0.1, 0.15) is 12.8 Å². The second kappa shape index (κ2) is 2.08. The molecular weight excluding hydrogens is 216 g/mol. The van der Waals surface area contributed by atoms with Crippen molar-refractivity contribution in [3.05, 3.63) is 23.5 Å². The highest BCUT2D eigenvalue weighted by Gasteiger charge is 2.47. The van der Waals surface area contributed by atoms with Gasteiger partial charge in [0.25, 0.3) is 0 Å². The normalized spacial score (nSPS) is 28.2. The molecule has 3 heteroatoms. The van der Waals surface area contributed by atoms with E-state index in [1.807, 2.05) is 0 Å². The quantitative estimate of drug-likeness (QED) is 0.686. The predicted octanol–water partition coefficient (Wildman–Crippen LogP) is 1.76. The van der Waals surface area contributed by atoms with Crippen molar-refractivity contribution < 1.29 is 0 Å². The number of halogens is 1. The Morgan fingerprint density at radius 2 is 2.42 bits per heavy atom. The molecule has 0 atom stereocenters. The first-order chi connectivity index (χ1) is 5.81. The van der Waals surface area contributed by atoms with E-state index in [2.05, 4.69) is 38.5 Å². The molecule has 0 unspecified atom stereocenters. The predicted molar refractivity (Wildman–Crippen MR) is 51.5 cm³/mol. The lowest BCUT2D eigenvalue weighted by atomic mass is 10.1. The van der Waals surface area contributed by atoms with Crippen LogP contribution in [0.15, 0.2) is 23.5 Å². The van der Waals surface area contributed by atoms with Gasteiger partial charge in [-0.05, 0) is 18.9 Å². The molecule has 2 nitrogen and oxygen atoms in total. The second-order valence-corrected chi connectivity index (χ2v) is 4.49. The fourth-order valence-electron chi connectivity index (χ4n) is 1.98. The molecule has 0 aromatic heterocycles. The van der Waals surface area contributed by atoms with E-state index in [1.165, 1.54) is 30.8 Å². The van der Waals surface area contributed by atoms with Crippen LogP contribution in [0.25, 0.3) is 0 Å². The summed E-state index contributed by atoms with van der Waals surface area (Å²) in [5.74, 6) is 0. The first kappa shape index (κ1) is 7.01. The molecule has 1 fully saturated rings. The lowest BCUT2D eigenvalue weighted by molar-refractivity contribution is 0.297. The average molecular weight is 227 g/mol. The first-order valence-electron chi connectivity index (χ1n) is 4.35. The summed E-state index contributed by atoms with van der Waals surface area (Å²) in [4.78, 5) is 0. The van der Waals surface area contributed by atoms with Gasteiger partial charge in [-0.25, -0.2) is 0 Å². The number of nitrogens with one attached hydrogen (secondary N) is 1. The molecule has 0 saturated heterocycles. The molecule has 64 valence electrons. The number of hydrogen-bond donors (Lipinski definition) is 1. The van der Waals surface area contributed by atoms with Gasteiger partial charge >= 0.3 is 0 Å². The van der Waals surface area contributed by atoms with Crippen molar-refractivity contribution in [2.45, 2.75) is 12.8 Å². The van der Waals surface area contributed by atoms with Gasteiger partial charge in [0.05, 0.1) is 5.70 Å². The van der Waals surface area contributed by atoms with Crippen LogP contribution < -0.4 is 5.43 Å². The Bertz CT molecular complexity index is 289. The highest BCUT2D eigenvalue weighted by Crippen LogP contribution is 2.52. The average Bonchev–Trinajstić information content (AvgIpc) is 2.52. The van der Waals surface area contributed by atoms with Gasteiger partial charge in [0.15, 0.2) is 0 Å². The van der Waals surface area contributed by atoms with Crippen LogP contribution in [0.2, 0.25) is 0 Å². The summed E-state index contributed by atoms with van der Waals surface area (Å²) in [7, 11) is 0. The van der Waals surface area contributed by atoms with Crippen molar-refractivity contribution in [3.63, 3.8) is 0 Å². The number of hydrazine groups is 1. The number of allylic oxidation sites excluding steroid dienone is 2. The molecule has 0 radical (unpaired) electrons. The molecule has 1 aliphatic carbocycles. The highest BCUT2D eigenvalue weighted by atomic mass is 79.9. The van der Waals surface area contributed by atoms with Gasteiger partial charge in [-0.3, -0.25) is 5.01 Å². The molecule has 3 rings (SSSR count). The molecule has 0 bridgehead atoms. The van der Waals surface area contributed by atoms with Crippen molar-refractivity contribution in [2.75, 3.05) is 11.9 Å². The second-order valence-electron chi connectivity index (χ2n) is 3.93. The van der Waals surface area contributed by atoms with E-state index in [0.717, 1.165) is 5.33 Å². The minimum Gasteiger partial charge on any atom is -0.302 e. The number of alkyl halides is 1. The van der Waals surface area contributed by atoms with Crippen molar-refractivity contribution in [1.82, 2.24) is 10.4 Å². The van der Waals surface area contributed by atoms with E-state index in [1.54, 1.807) is 0 Å². The van der Waals surface area contributed by atoms with E-state index in [0.29, 0.717) is 5.41 Å². The molecule has 1 saturated carbocycles. The monoisotopic (exact) mass is 226 g/mol. The largest absolute Gasteiger partial charge is 0.302 e. The number of nitrogens with zero attached hydrogens (tertiary/aromatic N) is 1. The van der Waals surface area contributed by atoms with Crippen molar-refractivity contribution in [3.8, 4) is 0 Å². The fraction of sp³-hybridized carbons (Fsp3) is 0.556. The molecule has 0 amide bonds. The third kappa shape index (κ3) is 0.859. The summed E-state index contributed by atoms with van der Waals surface area (Å²) in [6, 6.07) is 0. The lowest BCUT2D eigenvalue weighted by Gasteiger charge is -2.17. The summed E-state index contributed by atoms with van der Waals surface area (Å²) in [6.07, 6.45) is 7.43. The first-order valence-corrected chi connectivity index (χ1v) is 5.47. The smallest absolute Gasteiger partial charge is 0.0556 e. The summed E-state index contributed by atoms with van der Waals surface area (Å²) in [5.41, 5.74) is 6.60. The maximum Gasteiger partial charge on any atom is 0.0556 e. The van der Waals surface area contributed by atoms with Gasteiger partial charge in [0.1, 0.15) is 0 Å². The Morgan fingerprint density at radius 1 is 1.58 bits per heavy atom. The minimum absolute atomic E-state index is 0.566. The summed E-state index contributed by atoms with van der Waals surface area (Å²) < 4.78 is 0. The Kier molecular flexibility index (Phi) is 1.21. The molecule has 2 heterocycles. The lowest BCUT2D eigenvalue weighted by Crippen LogP contribution is -2.31. The van der Waals surface area contributed by atoms with E-state index in [4.69, 9.17) is 0 Å². The van der Waals surface area contributed by atoms with Crippen molar-refractivity contribution >= 4 is 15.9 Å². The van der Waals surface area contributed by atoms with Crippen LogP contribution >= 0.6 is 15.9 Å². The molecule has 2 aliphatic heterocycles. The Morgan fingerprint density at radius 3 is 3.00 bits per heavy atom. The van der Waals surface area contributed by atoms with Crippen molar-refractivity contribution in [2.24, 2.45) is 5.41 Å². The van der Waals surface area contributed by atoms with Gasteiger partial charge in [-0.15, -0.1) is 0 Å². The zero-order valence-corrected chi connectivity index (χ0v) is 8.39. The number of hydrogen-bond acceptors (Lipinski definition) is 2. The highest BCUT2D eigenvalue weighted by molar-refractivity contribution is 9.09. The van der Waals surface area contributed by atoms with E-state index < -0.39 is 0 Å². The standard InChI is InChI=1S/C9H11BrN2/c10-5-7-3-8-4-9(1-2-9)6-12(8)11-7/h3-4,11H,1-2,5-6H2. The maximum absolute atomic E-state index is 3.44. The van der Waals surface area contributed by atoms with E-state index in [-0.39, 0.29) is 0 Å². The van der Waals surface area contributed by atoms with Crippen LogP contribution in [0.5, 0.6) is 0 Å². The van der Waals surface area contributed by atoms with E-state index in [9.17, 15) is 0 Å². The Labute approximate surface area is 80.4 Å². The van der Waals surface area contributed by atoms with Crippen molar-refractivity contribution in [1.29, 1.82) is 0 Å². The van der Waals surface area contributed by atoms with Crippen LogP contribution in [0, 0.1) is 5.41 Å². The molecule has 12 heavy (non-hydrogen) atoms. The number of rotatable bonds is 1. The topological polar surface area (TPSA) is 15.3 Å². The molecule has 1 N–H and O–H groups in total. The molecule has 1 spiro atoms. The third-order valence-electron chi connectivity index (χ3n) is 2.88. The Balaban J connectivity index is 1.90. The summed E-state index contributed by atoms with van der Waals surface area (Å²) in [6.45, 7) is 1.18. The third-order valence-corrected chi connectivity index (χ3v) is 3.48. The van der Waals surface area contributed by atoms with Gasteiger partial charge in [-0.2, -0.15) is 0 Å². The molecule has 0 aromatic rings. The summed E-state index contributed by atoms with van der Waals surface area (Å²) >= 11 is 3.44. The van der Waals surface area contributed by atoms with Crippen LogP contribution in [-0.4, -0.2) is 16.9 Å². The van der Waals surface area contributed by atoms with Gasteiger partial charge in [-0.1, -0.05) is 22.0 Å². The molecule has 3 aliphatic rings. The summed E-state index contributed by atoms with van der Waals surface area (Å²) in [5, 5.41) is 3.19. The van der Waals surface area contributed by atoms with Gasteiger partial charge in [0.2, 0.25) is 0 Å². The minimum atomic E-state index is 0.566. The molecular formula is C9H11BrN2. The molecule has 0 aromatic carbocycles. The SMILES string of the molecule is BrCC1=CC2=CC3(CC3)CN2N1. The van der Waals surface area contributed by atoms with Crippen LogP contribution in [0.4, 0.5) is 0 Å². The van der Waals surface area contributed by atoms with Gasteiger partial charge < -0.3 is 5.43 Å². The zero-order valence-electron chi connectivity index (χ0n) is 6.81. The fourth-order valence-corrected chi connectivity index (χ4v) is 2.27. The van der Waals surface area contributed by atoms with Crippen LogP contribution in [0.3, 0.4) is 0 Å². The Hall–Kier alpha value is -0.440.